The quantitative estimate of drug-likeness (QED) is 0.410. The van der Waals surface area contributed by atoms with Crippen molar-refractivity contribution in [1.82, 2.24) is 4.98 Å². The summed E-state index contributed by atoms with van der Waals surface area (Å²) < 4.78 is 30.1. The van der Waals surface area contributed by atoms with E-state index in [0.717, 1.165) is 44.1 Å². The van der Waals surface area contributed by atoms with Gasteiger partial charge in [-0.15, -0.1) is 0 Å². The molecule has 0 fully saturated rings. The first-order valence-corrected chi connectivity index (χ1v) is 11.9. The zero-order valence-corrected chi connectivity index (χ0v) is 18.0. The van der Waals surface area contributed by atoms with Gasteiger partial charge in [0.15, 0.2) is 0 Å². The van der Waals surface area contributed by atoms with Gasteiger partial charge in [0, 0.05) is 16.6 Å². The van der Waals surface area contributed by atoms with Crippen LogP contribution in [0.15, 0.2) is 53.4 Å². The molecule has 0 amide bonds. The van der Waals surface area contributed by atoms with Crippen molar-refractivity contribution in [3.63, 3.8) is 0 Å². The molecule has 29 heavy (non-hydrogen) atoms. The van der Waals surface area contributed by atoms with Crippen molar-refractivity contribution in [2.45, 2.75) is 57.3 Å². The van der Waals surface area contributed by atoms with Crippen molar-refractivity contribution in [1.29, 1.82) is 0 Å². The Hall–Kier alpha value is -2.11. The second-order valence-electron chi connectivity index (χ2n) is 8.35. The molecule has 0 radical (unpaired) electrons. The number of H-pyrrole nitrogens is 1. The molecule has 0 saturated carbocycles. The van der Waals surface area contributed by atoms with Gasteiger partial charge in [0.1, 0.15) is 0 Å². The van der Waals surface area contributed by atoms with E-state index in [1.165, 1.54) is 22.2 Å². The lowest BCUT2D eigenvalue weighted by molar-refractivity contribution is 0.189. The Morgan fingerprint density at radius 1 is 1.10 bits per heavy atom. The number of nitrogens with one attached hydrogen (secondary N) is 1. The highest BCUT2D eigenvalue weighted by Gasteiger charge is 2.34. The van der Waals surface area contributed by atoms with E-state index in [0.29, 0.717) is 0 Å². The summed E-state index contributed by atoms with van der Waals surface area (Å²) in [5.41, 5.74) is 5.28. The summed E-state index contributed by atoms with van der Waals surface area (Å²) in [4.78, 5) is 3.81. The summed E-state index contributed by atoms with van der Waals surface area (Å²) in [6.07, 6.45) is 6.06. The van der Waals surface area contributed by atoms with Crippen LogP contribution < -0.4 is 0 Å². The molecule has 1 aromatic heterocycles. The summed E-state index contributed by atoms with van der Waals surface area (Å²) in [7, 11) is -3.68. The predicted molar refractivity (Wildman–Crippen MR) is 117 cm³/mol. The number of para-hydroxylation sites is 1. The molecule has 154 valence electrons. The van der Waals surface area contributed by atoms with Crippen LogP contribution in [-0.4, -0.2) is 20.0 Å². The third kappa shape index (κ3) is 4.12. The van der Waals surface area contributed by atoms with Gasteiger partial charge >= 0.3 is 0 Å². The molecule has 2 aromatic carbocycles. The van der Waals surface area contributed by atoms with E-state index in [1.807, 2.05) is 6.92 Å². The van der Waals surface area contributed by atoms with Crippen molar-refractivity contribution in [2.24, 2.45) is 5.41 Å². The highest BCUT2D eigenvalue weighted by atomic mass is 32.2. The minimum absolute atomic E-state index is 0.217. The number of benzene rings is 2. The molecule has 3 aromatic rings. The van der Waals surface area contributed by atoms with Gasteiger partial charge < -0.3 is 4.98 Å². The monoisotopic (exact) mass is 411 g/mol. The summed E-state index contributed by atoms with van der Waals surface area (Å²) in [6.45, 7) is 4.42. The maximum absolute atomic E-state index is 12.4. The molecule has 1 N–H and O–H groups in total. The van der Waals surface area contributed by atoms with E-state index in [4.69, 9.17) is 4.18 Å². The molecule has 1 atom stereocenters. The summed E-state index contributed by atoms with van der Waals surface area (Å²) >= 11 is 0. The number of aromatic nitrogens is 1. The zero-order valence-electron chi connectivity index (χ0n) is 17.2. The van der Waals surface area contributed by atoms with Crippen molar-refractivity contribution in [3.8, 4) is 0 Å². The Kier molecular flexibility index (Phi) is 5.54. The van der Waals surface area contributed by atoms with Gasteiger partial charge in [-0.2, -0.15) is 8.42 Å². The fraction of sp³-hybridized carbons (Fsp3) is 0.417. The third-order valence-electron chi connectivity index (χ3n) is 6.51. The smallest absolute Gasteiger partial charge is 0.296 e. The van der Waals surface area contributed by atoms with Crippen molar-refractivity contribution >= 4 is 21.0 Å². The van der Waals surface area contributed by atoms with Crippen LogP contribution in [0.1, 0.15) is 49.4 Å². The number of aryl methyl sites for hydroxylation is 2. The Balaban J connectivity index is 1.40. The lowest BCUT2D eigenvalue weighted by Gasteiger charge is -2.37. The second kappa shape index (κ2) is 7.96. The largest absolute Gasteiger partial charge is 0.358 e. The molecule has 0 saturated heterocycles. The molecule has 0 aliphatic heterocycles. The van der Waals surface area contributed by atoms with E-state index in [1.54, 1.807) is 24.3 Å². The van der Waals surface area contributed by atoms with E-state index < -0.39 is 10.1 Å². The Morgan fingerprint density at radius 2 is 1.86 bits per heavy atom. The molecule has 1 aliphatic rings. The Labute approximate surface area is 173 Å². The first kappa shape index (κ1) is 20.2. The van der Waals surface area contributed by atoms with Crippen LogP contribution in [0.2, 0.25) is 0 Å². The third-order valence-corrected chi connectivity index (χ3v) is 7.84. The van der Waals surface area contributed by atoms with Gasteiger partial charge in [-0.1, -0.05) is 49.2 Å². The SMILES string of the molecule is CCC1(CCCOS(=O)(=O)c2ccc(C)cc2)CCc2[nH]c3ccccc3c2C1. The average Bonchev–Trinajstić information content (AvgIpc) is 3.09. The van der Waals surface area contributed by atoms with Crippen molar-refractivity contribution in [3.05, 3.63) is 65.4 Å². The fourth-order valence-electron chi connectivity index (χ4n) is 4.61. The summed E-state index contributed by atoms with van der Waals surface area (Å²) in [6, 6.07) is 15.3. The second-order valence-corrected chi connectivity index (χ2v) is 9.97. The van der Waals surface area contributed by atoms with Gasteiger partial charge in [-0.3, -0.25) is 4.18 Å². The lowest BCUT2D eigenvalue weighted by Crippen LogP contribution is -2.28. The van der Waals surface area contributed by atoms with Crippen LogP contribution in [0.4, 0.5) is 0 Å². The van der Waals surface area contributed by atoms with E-state index in [9.17, 15) is 8.42 Å². The maximum Gasteiger partial charge on any atom is 0.296 e. The van der Waals surface area contributed by atoms with Gasteiger partial charge in [0.05, 0.1) is 11.5 Å². The van der Waals surface area contributed by atoms with Gasteiger partial charge in [-0.25, -0.2) is 0 Å². The zero-order chi connectivity index (χ0) is 20.5. The standard InChI is InChI=1S/C24H29NO3S/c1-3-24(14-6-16-28-29(26,27)19-11-9-18(2)10-12-19)15-13-23-21(17-24)20-7-4-5-8-22(20)25-23/h4-5,7-12,25H,3,6,13-17H2,1-2H3. The minimum atomic E-state index is -3.68. The first-order valence-electron chi connectivity index (χ1n) is 10.5. The predicted octanol–water partition coefficient (Wildman–Crippen LogP) is 5.55. The molecule has 4 rings (SSSR count). The van der Waals surface area contributed by atoms with Crippen molar-refractivity contribution < 1.29 is 12.6 Å². The molecule has 5 heteroatoms. The molecule has 4 nitrogen and oxygen atoms in total. The Bertz CT molecular complexity index is 1100. The number of fused-ring (bicyclic) bond motifs is 3. The van der Waals surface area contributed by atoms with Crippen LogP contribution in [-0.2, 0) is 27.1 Å². The number of aromatic amines is 1. The number of hydrogen-bond acceptors (Lipinski definition) is 3. The Morgan fingerprint density at radius 3 is 2.62 bits per heavy atom. The topological polar surface area (TPSA) is 59.2 Å². The fourth-order valence-corrected chi connectivity index (χ4v) is 5.55. The molecule has 0 bridgehead atoms. The van der Waals surface area contributed by atoms with Crippen LogP contribution in [0.3, 0.4) is 0 Å². The van der Waals surface area contributed by atoms with E-state index in [-0.39, 0.29) is 16.9 Å². The molecule has 0 spiro atoms. The van der Waals surface area contributed by atoms with Crippen LogP contribution in [0, 0.1) is 12.3 Å². The normalized spacial score (nSPS) is 19.4. The molecule has 1 heterocycles. The average molecular weight is 412 g/mol. The van der Waals surface area contributed by atoms with Crippen LogP contribution >= 0.6 is 0 Å². The number of rotatable bonds is 7. The van der Waals surface area contributed by atoms with Gasteiger partial charge in [-0.05, 0) is 68.2 Å². The van der Waals surface area contributed by atoms with Gasteiger partial charge in [0.25, 0.3) is 10.1 Å². The molecule has 1 unspecified atom stereocenters. The first-order chi connectivity index (χ1) is 13.9. The number of hydrogen-bond donors (Lipinski definition) is 1. The molecular weight excluding hydrogens is 382 g/mol. The van der Waals surface area contributed by atoms with E-state index >= 15 is 0 Å². The van der Waals surface area contributed by atoms with Crippen molar-refractivity contribution in [2.75, 3.05) is 6.61 Å². The van der Waals surface area contributed by atoms with Crippen LogP contribution in [0.25, 0.3) is 10.9 Å². The highest BCUT2D eigenvalue weighted by molar-refractivity contribution is 7.86. The molecule has 1 aliphatic carbocycles. The lowest BCUT2D eigenvalue weighted by atomic mass is 9.68. The maximum atomic E-state index is 12.4. The van der Waals surface area contributed by atoms with Crippen LogP contribution in [0.5, 0.6) is 0 Å². The molecular formula is C24H29NO3S. The highest BCUT2D eigenvalue weighted by Crippen LogP contribution is 2.44. The summed E-state index contributed by atoms with van der Waals surface area (Å²) in [5.74, 6) is 0. The minimum Gasteiger partial charge on any atom is -0.358 e. The summed E-state index contributed by atoms with van der Waals surface area (Å²) in [5, 5.41) is 1.33. The van der Waals surface area contributed by atoms with E-state index in [2.05, 4.69) is 36.2 Å². The van der Waals surface area contributed by atoms with Gasteiger partial charge in [0.2, 0.25) is 0 Å².